The number of hydrogen-bond donors (Lipinski definition) is 1. The number of carbonyl (C=O) groups is 1. The molecule has 3 aliphatic rings. The summed E-state index contributed by atoms with van der Waals surface area (Å²) in [5.74, 6) is 0.816. The smallest absolute Gasteiger partial charge is 0.220 e. The molecule has 0 radical (unpaired) electrons. The molecule has 4 nitrogen and oxygen atoms in total. The van der Waals surface area contributed by atoms with Crippen molar-refractivity contribution < 1.29 is 9.53 Å². The molecule has 4 heteroatoms. The third kappa shape index (κ3) is 1.21. The van der Waals surface area contributed by atoms with Crippen LogP contribution in [0.3, 0.4) is 0 Å². The fourth-order valence-electron chi connectivity index (χ4n) is 2.81. The zero-order chi connectivity index (χ0) is 9.54. The van der Waals surface area contributed by atoms with Crippen LogP contribution in [0.25, 0.3) is 0 Å². The van der Waals surface area contributed by atoms with Gasteiger partial charge in [-0.15, -0.1) is 0 Å². The number of aliphatic imine (C=N–C) groups is 1. The third-order valence-electron chi connectivity index (χ3n) is 3.61. The van der Waals surface area contributed by atoms with Crippen LogP contribution in [0.1, 0.15) is 25.7 Å². The van der Waals surface area contributed by atoms with E-state index in [9.17, 15) is 4.79 Å². The van der Waals surface area contributed by atoms with E-state index in [4.69, 9.17) is 4.74 Å². The van der Waals surface area contributed by atoms with Crippen molar-refractivity contribution in [2.24, 2.45) is 10.9 Å². The van der Waals surface area contributed by atoms with Crippen LogP contribution in [0, 0.1) is 5.92 Å². The number of nitrogens with zero attached hydrogens (tertiary/aromatic N) is 1. The minimum absolute atomic E-state index is 0.198. The Morgan fingerprint density at radius 2 is 2.43 bits per heavy atom. The van der Waals surface area contributed by atoms with Crippen molar-refractivity contribution in [1.29, 1.82) is 0 Å². The molecule has 4 atom stereocenters. The molecular weight excluding hydrogens is 180 g/mol. The van der Waals surface area contributed by atoms with Gasteiger partial charge in [0.2, 0.25) is 5.91 Å². The Kier molecular flexibility index (Phi) is 1.75. The largest absolute Gasteiger partial charge is 0.478 e. The van der Waals surface area contributed by atoms with Crippen LogP contribution in [0.4, 0.5) is 0 Å². The molecule has 0 aromatic carbocycles. The lowest BCUT2D eigenvalue weighted by molar-refractivity contribution is -0.125. The Morgan fingerprint density at radius 1 is 1.50 bits per heavy atom. The SMILES string of the molecule is O=C1CCC2CC3N=COC3CC2N1. The maximum absolute atomic E-state index is 11.2. The molecule has 76 valence electrons. The highest BCUT2D eigenvalue weighted by Gasteiger charge is 2.42. The van der Waals surface area contributed by atoms with Crippen LogP contribution in [0.2, 0.25) is 0 Å². The third-order valence-corrected chi connectivity index (χ3v) is 3.61. The number of piperidine rings is 1. The summed E-state index contributed by atoms with van der Waals surface area (Å²) in [6.45, 7) is 0. The number of fused-ring (bicyclic) bond motifs is 2. The first kappa shape index (κ1) is 8.26. The van der Waals surface area contributed by atoms with Gasteiger partial charge < -0.3 is 10.1 Å². The average molecular weight is 194 g/mol. The molecule has 0 spiro atoms. The molecule has 14 heavy (non-hydrogen) atoms. The lowest BCUT2D eigenvalue weighted by Crippen LogP contribution is -2.52. The van der Waals surface area contributed by atoms with Crippen LogP contribution in [-0.4, -0.2) is 30.5 Å². The first-order chi connectivity index (χ1) is 6.83. The van der Waals surface area contributed by atoms with Gasteiger partial charge >= 0.3 is 0 Å². The second-order valence-corrected chi connectivity index (χ2v) is 4.44. The topological polar surface area (TPSA) is 50.7 Å². The van der Waals surface area contributed by atoms with E-state index in [0.717, 1.165) is 19.3 Å². The van der Waals surface area contributed by atoms with E-state index in [0.29, 0.717) is 24.4 Å². The van der Waals surface area contributed by atoms with Crippen LogP contribution >= 0.6 is 0 Å². The molecule has 1 aliphatic carbocycles. The molecule has 4 unspecified atom stereocenters. The molecular formula is C10H14N2O2. The Balaban J connectivity index is 1.74. The van der Waals surface area contributed by atoms with E-state index in [1.165, 1.54) is 0 Å². The molecule has 2 fully saturated rings. The van der Waals surface area contributed by atoms with E-state index in [-0.39, 0.29) is 12.0 Å². The Bertz CT molecular complexity index is 290. The Labute approximate surface area is 82.7 Å². The van der Waals surface area contributed by atoms with Gasteiger partial charge in [-0.25, -0.2) is 0 Å². The standard InChI is InChI=1S/C10H14N2O2/c13-10-2-1-6-3-8-9(14-5-11-8)4-7(6)12-10/h5-9H,1-4H2,(H,12,13). The summed E-state index contributed by atoms with van der Waals surface area (Å²) in [7, 11) is 0. The normalized spacial score (nSPS) is 45.0. The van der Waals surface area contributed by atoms with Gasteiger partial charge in [0.1, 0.15) is 6.10 Å². The Morgan fingerprint density at radius 3 is 3.36 bits per heavy atom. The van der Waals surface area contributed by atoms with Crippen molar-refractivity contribution in [3.8, 4) is 0 Å². The number of nitrogens with one attached hydrogen (secondary N) is 1. The zero-order valence-corrected chi connectivity index (χ0v) is 7.98. The fourth-order valence-corrected chi connectivity index (χ4v) is 2.81. The van der Waals surface area contributed by atoms with Gasteiger partial charge in [-0.05, 0) is 18.8 Å². The molecule has 1 saturated carbocycles. The van der Waals surface area contributed by atoms with Crippen LogP contribution in [0.15, 0.2) is 4.99 Å². The van der Waals surface area contributed by atoms with Gasteiger partial charge in [-0.3, -0.25) is 9.79 Å². The highest BCUT2D eigenvalue weighted by molar-refractivity contribution is 5.77. The summed E-state index contributed by atoms with van der Waals surface area (Å²) in [6, 6.07) is 0.686. The van der Waals surface area contributed by atoms with Gasteiger partial charge in [0, 0.05) is 18.9 Å². The monoisotopic (exact) mass is 194 g/mol. The van der Waals surface area contributed by atoms with E-state index >= 15 is 0 Å². The summed E-state index contributed by atoms with van der Waals surface area (Å²) >= 11 is 0. The molecule has 2 heterocycles. The van der Waals surface area contributed by atoms with Crippen molar-refractivity contribution >= 4 is 12.3 Å². The van der Waals surface area contributed by atoms with E-state index in [2.05, 4.69) is 10.3 Å². The van der Waals surface area contributed by atoms with Crippen molar-refractivity contribution in [2.75, 3.05) is 0 Å². The highest BCUT2D eigenvalue weighted by atomic mass is 16.5. The maximum atomic E-state index is 11.2. The summed E-state index contributed by atoms with van der Waals surface area (Å²) in [4.78, 5) is 15.5. The molecule has 0 aromatic rings. The van der Waals surface area contributed by atoms with Gasteiger partial charge in [0.05, 0.1) is 6.04 Å². The number of hydrogen-bond acceptors (Lipinski definition) is 3. The summed E-state index contributed by atoms with van der Waals surface area (Å²) in [5, 5.41) is 3.06. The number of rotatable bonds is 0. The van der Waals surface area contributed by atoms with Crippen LogP contribution < -0.4 is 5.32 Å². The quantitative estimate of drug-likeness (QED) is 0.609. The summed E-state index contributed by atoms with van der Waals surface area (Å²) in [6.07, 6.45) is 5.51. The van der Waals surface area contributed by atoms with Crippen molar-refractivity contribution in [3.63, 3.8) is 0 Å². The predicted molar refractivity (Wildman–Crippen MR) is 51.0 cm³/mol. The fraction of sp³-hybridized carbons (Fsp3) is 0.800. The van der Waals surface area contributed by atoms with Crippen LogP contribution in [0.5, 0.6) is 0 Å². The minimum atomic E-state index is 0.198. The summed E-state index contributed by atoms with van der Waals surface area (Å²) in [5.41, 5.74) is 0. The van der Waals surface area contributed by atoms with Crippen LogP contribution in [-0.2, 0) is 9.53 Å². The molecule has 1 saturated heterocycles. The zero-order valence-electron chi connectivity index (χ0n) is 7.98. The van der Waals surface area contributed by atoms with Gasteiger partial charge in [-0.2, -0.15) is 0 Å². The van der Waals surface area contributed by atoms with Crippen molar-refractivity contribution in [3.05, 3.63) is 0 Å². The first-order valence-corrected chi connectivity index (χ1v) is 5.29. The first-order valence-electron chi connectivity index (χ1n) is 5.29. The number of carbonyl (C=O) groups excluding carboxylic acids is 1. The Hall–Kier alpha value is -1.06. The second kappa shape index (κ2) is 2.97. The minimum Gasteiger partial charge on any atom is -0.478 e. The van der Waals surface area contributed by atoms with E-state index < -0.39 is 0 Å². The van der Waals surface area contributed by atoms with Crippen molar-refractivity contribution in [1.82, 2.24) is 5.32 Å². The maximum Gasteiger partial charge on any atom is 0.220 e. The second-order valence-electron chi connectivity index (χ2n) is 4.44. The molecule has 1 amide bonds. The van der Waals surface area contributed by atoms with E-state index in [1.54, 1.807) is 6.40 Å². The molecule has 3 rings (SSSR count). The predicted octanol–water partition coefficient (Wildman–Crippen LogP) is 0.471. The molecule has 0 aromatic heterocycles. The average Bonchev–Trinajstić information content (AvgIpc) is 2.61. The van der Waals surface area contributed by atoms with Gasteiger partial charge in [0.15, 0.2) is 6.40 Å². The summed E-state index contributed by atoms with van der Waals surface area (Å²) < 4.78 is 5.40. The number of amides is 1. The molecule has 0 bridgehead atoms. The number of ether oxygens (including phenoxy) is 1. The van der Waals surface area contributed by atoms with Gasteiger partial charge in [0.25, 0.3) is 0 Å². The molecule has 1 N–H and O–H groups in total. The lowest BCUT2D eigenvalue weighted by Gasteiger charge is -2.39. The highest BCUT2D eigenvalue weighted by Crippen LogP contribution is 2.35. The lowest BCUT2D eigenvalue weighted by atomic mass is 9.76. The van der Waals surface area contributed by atoms with Gasteiger partial charge in [-0.1, -0.05) is 0 Å². The van der Waals surface area contributed by atoms with E-state index in [1.807, 2.05) is 0 Å². The van der Waals surface area contributed by atoms with Crippen molar-refractivity contribution in [2.45, 2.75) is 43.9 Å². The molecule has 2 aliphatic heterocycles.